The SMILES string of the molecule is CCCCCCCCCCCC(N)=O.CCC[N+](C)(C)CC(O)CS(=O)(=O)O. The minimum Gasteiger partial charge on any atom is -0.386 e. The maximum atomic E-state index is 10.5. The first kappa shape index (κ1) is 29.5. The van der Waals surface area contributed by atoms with Crippen molar-refractivity contribution in [1.82, 2.24) is 0 Å². The molecule has 0 rings (SSSR count). The molecular formula is C20H45N2O5S+. The van der Waals surface area contributed by atoms with E-state index < -0.39 is 22.0 Å². The van der Waals surface area contributed by atoms with Gasteiger partial charge in [0.05, 0.1) is 20.6 Å². The number of nitrogens with zero attached hydrogens (tertiary/aromatic N) is 1. The Kier molecular flexibility index (Phi) is 18.1. The van der Waals surface area contributed by atoms with E-state index in [0.717, 1.165) is 25.8 Å². The van der Waals surface area contributed by atoms with Gasteiger partial charge < -0.3 is 15.3 Å². The topological polar surface area (TPSA) is 118 Å². The number of carbonyl (C=O) groups excluding carboxylic acids is 1. The van der Waals surface area contributed by atoms with E-state index in [9.17, 15) is 18.3 Å². The highest BCUT2D eigenvalue weighted by Crippen LogP contribution is 2.10. The zero-order valence-corrected chi connectivity index (χ0v) is 19.3. The van der Waals surface area contributed by atoms with Gasteiger partial charge in [-0.25, -0.2) is 0 Å². The Balaban J connectivity index is 0. The van der Waals surface area contributed by atoms with Crippen LogP contribution in [0, 0.1) is 0 Å². The first-order chi connectivity index (χ1) is 12.9. The number of hydrogen-bond acceptors (Lipinski definition) is 4. The molecule has 0 bridgehead atoms. The molecule has 0 aromatic heterocycles. The number of rotatable bonds is 16. The Bertz CT molecular complexity index is 481. The zero-order valence-electron chi connectivity index (χ0n) is 18.5. The zero-order chi connectivity index (χ0) is 22.1. The second kappa shape index (κ2) is 17.2. The second-order valence-corrected chi connectivity index (χ2v) is 9.79. The first-order valence-electron chi connectivity index (χ1n) is 10.7. The van der Waals surface area contributed by atoms with Gasteiger partial charge in [0.1, 0.15) is 18.4 Å². The summed E-state index contributed by atoms with van der Waals surface area (Å²) in [6.07, 6.45) is 12.1. The minimum absolute atomic E-state index is 0.159. The number of unbranched alkanes of at least 4 members (excludes halogenated alkanes) is 8. The van der Waals surface area contributed by atoms with Crippen LogP contribution < -0.4 is 5.73 Å². The van der Waals surface area contributed by atoms with E-state index in [1.807, 2.05) is 21.0 Å². The third kappa shape index (κ3) is 25.3. The van der Waals surface area contributed by atoms with Gasteiger partial charge in [-0.05, 0) is 12.8 Å². The Morgan fingerprint density at radius 2 is 1.39 bits per heavy atom. The molecule has 0 fully saturated rings. The molecule has 1 amide bonds. The highest BCUT2D eigenvalue weighted by molar-refractivity contribution is 7.85. The summed E-state index contributed by atoms with van der Waals surface area (Å²) in [5.41, 5.74) is 5.05. The van der Waals surface area contributed by atoms with Crippen molar-refractivity contribution in [3.63, 3.8) is 0 Å². The predicted octanol–water partition coefficient (Wildman–Crippen LogP) is 3.11. The molecule has 170 valence electrons. The van der Waals surface area contributed by atoms with E-state index in [4.69, 9.17) is 10.3 Å². The lowest BCUT2D eigenvalue weighted by Gasteiger charge is -2.31. The van der Waals surface area contributed by atoms with Crippen molar-refractivity contribution in [3.05, 3.63) is 0 Å². The summed E-state index contributed by atoms with van der Waals surface area (Å²) in [6.45, 7) is 5.45. The Morgan fingerprint density at radius 3 is 1.79 bits per heavy atom. The molecule has 0 heterocycles. The van der Waals surface area contributed by atoms with E-state index in [0.29, 0.717) is 17.4 Å². The lowest BCUT2D eigenvalue weighted by molar-refractivity contribution is -0.893. The van der Waals surface area contributed by atoms with Crippen LogP contribution in [0.25, 0.3) is 0 Å². The Hall–Kier alpha value is -0.700. The third-order valence-electron chi connectivity index (χ3n) is 4.46. The fourth-order valence-corrected chi connectivity index (χ4v) is 3.76. The van der Waals surface area contributed by atoms with Gasteiger partial charge in [0.2, 0.25) is 5.91 Å². The highest BCUT2D eigenvalue weighted by atomic mass is 32.2. The quantitative estimate of drug-likeness (QED) is 0.199. The number of carbonyl (C=O) groups is 1. The average Bonchev–Trinajstić information content (AvgIpc) is 2.51. The number of likely N-dealkylation sites (N-methyl/N-ethyl adjacent to an activating group) is 1. The molecule has 0 aromatic rings. The van der Waals surface area contributed by atoms with Gasteiger partial charge in [-0.15, -0.1) is 0 Å². The van der Waals surface area contributed by atoms with Crippen molar-refractivity contribution in [1.29, 1.82) is 0 Å². The number of aliphatic hydroxyl groups is 1. The molecule has 28 heavy (non-hydrogen) atoms. The number of quaternary nitrogens is 1. The number of hydrogen-bond donors (Lipinski definition) is 3. The largest absolute Gasteiger partial charge is 0.386 e. The molecule has 4 N–H and O–H groups in total. The summed E-state index contributed by atoms with van der Waals surface area (Å²) in [5, 5.41) is 9.39. The highest BCUT2D eigenvalue weighted by Gasteiger charge is 2.23. The van der Waals surface area contributed by atoms with E-state index in [-0.39, 0.29) is 5.91 Å². The summed E-state index contributed by atoms with van der Waals surface area (Å²) in [5.74, 6) is -0.744. The molecular weight excluding hydrogens is 380 g/mol. The lowest BCUT2D eigenvalue weighted by atomic mass is 10.1. The summed E-state index contributed by atoms with van der Waals surface area (Å²) < 4.78 is 30.0. The first-order valence-corrected chi connectivity index (χ1v) is 12.3. The van der Waals surface area contributed by atoms with Gasteiger partial charge in [0, 0.05) is 6.42 Å². The minimum atomic E-state index is -4.07. The number of primary amides is 1. The monoisotopic (exact) mass is 425 g/mol. The van der Waals surface area contributed by atoms with E-state index in [2.05, 4.69) is 6.92 Å². The maximum Gasteiger partial charge on any atom is 0.267 e. The standard InChI is InChI=1S/C12H25NO.C8H19NO4S/c1-2-3-4-5-6-7-8-9-10-11-12(13)14;1-4-5-9(2,3)6-8(10)7-14(11,12)13/h2-11H2,1H3,(H2,13,14);8,10H,4-7H2,1-3H3/p+1. The lowest BCUT2D eigenvalue weighted by Crippen LogP contribution is -2.47. The number of aliphatic hydroxyl groups excluding tert-OH is 1. The second-order valence-electron chi connectivity index (χ2n) is 8.29. The van der Waals surface area contributed by atoms with Crippen LogP contribution in [-0.2, 0) is 14.9 Å². The van der Waals surface area contributed by atoms with Crippen molar-refractivity contribution in [2.75, 3.05) is 32.9 Å². The fourth-order valence-electron chi connectivity index (χ4n) is 3.17. The van der Waals surface area contributed by atoms with Gasteiger partial charge in [0.15, 0.2) is 0 Å². The van der Waals surface area contributed by atoms with Gasteiger partial charge in [-0.1, -0.05) is 65.2 Å². The molecule has 8 heteroatoms. The number of nitrogens with two attached hydrogens (primary N) is 1. The molecule has 0 aliphatic carbocycles. The van der Waals surface area contributed by atoms with Crippen molar-refractivity contribution < 1.29 is 27.4 Å². The predicted molar refractivity (Wildman–Crippen MR) is 116 cm³/mol. The molecule has 0 aromatic carbocycles. The molecule has 0 spiro atoms. The molecule has 0 radical (unpaired) electrons. The van der Waals surface area contributed by atoms with Crippen molar-refractivity contribution in [2.24, 2.45) is 5.73 Å². The maximum absolute atomic E-state index is 10.5. The molecule has 1 unspecified atom stereocenters. The van der Waals surface area contributed by atoms with Crippen LogP contribution >= 0.6 is 0 Å². The van der Waals surface area contributed by atoms with Crippen molar-refractivity contribution >= 4 is 16.0 Å². The van der Waals surface area contributed by atoms with Crippen molar-refractivity contribution in [3.8, 4) is 0 Å². The van der Waals surface area contributed by atoms with E-state index in [1.165, 1.54) is 44.9 Å². The third-order valence-corrected chi connectivity index (χ3v) is 5.27. The summed E-state index contributed by atoms with van der Waals surface area (Å²) in [7, 11) is -0.244. The Morgan fingerprint density at radius 1 is 0.929 bits per heavy atom. The molecule has 0 aliphatic heterocycles. The van der Waals surface area contributed by atoms with Crippen LogP contribution in [0.1, 0.15) is 84.5 Å². The molecule has 1 atom stereocenters. The summed E-state index contributed by atoms with van der Waals surface area (Å²) in [4.78, 5) is 10.4. The van der Waals surface area contributed by atoms with E-state index in [1.54, 1.807) is 0 Å². The normalized spacial score (nSPS) is 12.9. The van der Waals surface area contributed by atoms with Crippen LogP contribution in [0.4, 0.5) is 0 Å². The van der Waals surface area contributed by atoms with Crippen LogP contribution in [-0.4, -0.2) is 67.5 Å². The van der Waals surface area contributed by atoms with Crippen LogP contribution in [0.3, 0.4) is 0 Å². The van der Waals surface area contributed by atoms with Gasteiger partial charge in [-0.2, -0.15) is 8.42 Å². The van der Waals surface area contributed by atoms with Crippen LogP contribution in [0.2, 0.25) is 0 Å². The number of amides is 1. The van der Waals surface area contributed by atoms with Gasteiger partial charge in [0.25, 0.3) is 10.1 Å². The van der Waals surface area contributed by atoms with Crippen molar-refractivity contribution in [2.45, 2.75) is 90.6 Å². The molecule has 7 nitrogen and oxygen atoms in total. The Labute approximate surface area is 173 Å². The average molecular weight is 426 g/mol. The molecule has 0 aliphatic rings. The molecule has 0 saturated heterocycles. The van der Waals surface area contributed by atoms with Crippen LogP contribution in [0.15, 0.2) is 0 Å². The van der Waals surface area contributed by atoms with E-state index >= 15 is 0 Å². The van der Waals surface area contributed by atoms with Crippen LogP contribution in [0.5, 0.6) is 0 Å². The molecule has 0 saturated carbocycles. The van der Waals surface area contributed by atoms with Gasteiger partial charge in [-0.3, -0.25) is 9.35 Å². The summed E-state index contributed by atoms with van der Waals surface area (Å²) >= 11 is 0. The summed E-state index contributed by atoms with van der Waals surface area (Å²) in [6, 6.07) is 0. The van der Waals surface area contributed by atoms with Gasteiger partial charge >= 0.3 is 0 Å². The fraction of sp³-hybridized carbons (Fsp3) is 0.950. The smallest absolute Gasteiger partial charge is 0.267 e.